The van der Waals surface area contributed by atoms with Crippen LogP contribution in [0.5, 0.6) is 0 Å². The van der Waals surface area contributed by atoms with Gasteiger partial charge in [0, 0.05) is 32.4 Å². The Kier molecular flexibility index (Phi) is 7.48. The Morgan fingerprint density at radius 3 is 2.55 bits per heavy atom. The fraction of sp³-hybridized carbons (Fsp3) is 0.296. The van der Waals surface area contributed by atoms with Crippen LogP contribution >= 0.6 is 24.0 Å². The number of carbonyl (C=O) groups is 2. The zero-order chi connectivity index (χ0) is 26.8. The van der Waals surface area contributed by atoms with Crippen LogP contribution in [0.2, 0.25) is 0 Å². The van der Waals surface area contributed by atoms with Crippen LogP contribution in [0, 0.1) is 6.92 Å². The van der Waals surface area contributed by atoms with E-state index < -0.39 is 0 Å². The molecule has 2 amide bonds. The number of aromatic nitrogens is 2. The number of fused-ring (bicyclic) bond motifs is 1. The van der Waals surface area contributed by atoms with Crippen LogP contribution in [0.3, 0.4) is 0 Å². The van der Waals surface area contributed by atoms with Gasteiger partial charge in [-0.25, -0.2) is 9.78 Å². The highest BCUT2D eigenvalue weighted by atomic mass is 32.2. The lowest BCUT2D eigenvalue weighted by atomic mass is 10.1. The summed E-state index contributed by atoms with van der Waals surface area (Å²) in [5.41, 5.74) is 2.65. The van der Waals surface area contributed by atoms with E-state index in [4.69, 9.17) is 21.9 Å². The monoisotopic (exact) mass is 549 g/mol. The van der Waals surface area contributed by atoms with E-state index in [1.165, 1.54) is 16.2 Å². The van der Waals surface area contributed by atoms with Crippen molar-refractivity contribution in [3.63, 3.8) is 0 Å². The third kappa shape index (κ3) is 5.16. The number of nitrogens with zero attached hydrogens (tertiary/aromatic N) is 5. The molecule has 196 valence electrons. The van der Waals surface area contributed by atoms with E-state index in [1.807, 2.05) is 42.2 Å². The van der Waals surface area contributed by atoms with Gasteiger partial charge in [-0.05, 0) is 37.6 Å². The van der Waals surface area contributed by atoms with Gasteiger partial charge >= 0.3 is 6.09 Å². The first-order chi connectivity index (χ1) is 18.4. The number of thioether (sulfide) groups is 1. The molecule has 0 unspecified atom stereocenters. The first-order valence-corrected chi connectivity index (χ1v) is 13.6. The molecule has 0 bridgehead atoms. The number of hydrogen-bond donors (Lipinski definition) is 0. The average Bonchev–Trinajstić information content (AvgIpc) is 3.19. The lowest BCUT2D eigenvalue weighted by molar-refractivity contribution is -0.122. The predicted octanol–water partition coefficient (Wildman–Crippen LogP) is 3.68. The molecule has 2 fully saturated rings. The summed E-state index contributed by atoms with van der Waals surface area (Å²) in [6.07, 6.45) is 2.92. The van der Waals surface area contributed by atoms with E-state index in [0.29, 0.717) is 65.6 Å². The lowest BCUT2D eigenvalue weighted by Gasteiger charge is -2.35. The van der Waals surface area contributed by atoms with Crippen LogP contribution in [0.15, 0.2) is 58.4 Å². The first kappa shape index (κ1) is 25.9. The number of anilines is 1. The van der Waals surface area contributed by atoms with E-state index in [-0.39, 0.29) is 17.6 Å². The number of piperazine rings is 1. The number of pyridine rings is 1. The van der Waals surface area contributed by atoms with Crippen LogP contribution in [0.4, 0.5) is 10.6 Å². The maximum absolute atomic E-state index is 13.6. The van der Waals surface area contributed by atoms with Crippen molar-refractivity contribution >= 4 is 57.8 Å². The molecule has 0 radical (unpaired) electrons. The SMILES string of the molecule is CCOC(=O)N1CCN(c2nc3ccccn3c(=O)c2/C=C2/SC(=S)N(Cc3ccc(C)cc3)C2=O)CC1. The normalized spacial score (nSPS) is 17.1. The summed E-state index contributed by atoms with van der Waals surface area (Å²) >= 11 is 6.71. The van der Waals surface area contributed by atoms with Crippen molar-refractivity contribution in [2.45, 2.75) is 20.4 Å². The largest absolute Gasteiger partial charge is 0.450 e. The molecule has 1 aromatic carbocycles. The molecular weight excluding hydrogens is 522 g/mol. The molecule has 2 aliphatic rings. The second kappa shape index (κ2) is 11.0. The van der Waals surface area contributed by atoms with Gasteiger partial charge in [0.2, 0.25) is 0 Å². The van der Waals surface area contributed by atoms with Crippen LogP contribution in [-0.4, -0.2) is 68.3 Å². The lowest BCUT2D eigenvalue weighted by Crippen LogP contribution is -2.49. The Hall–Kier alpha value is -3.70. The second-order valence-corrected chi connectivity index (χ2v) is 10.7. The summed E-state index contributed by atoms with van der Waals surface area (Å²) in [5.74, 6) is 0.240. The topological polar surface area (TPSA) is 87.5 Å². The smallest absolute Gasteiger partial charge is 0.409 e. The first-order valence-electron chi connectivity index (χ1n) is 12.3. The highest BCUT2D eigenvalue weighted by Crippen LogP contribution is 2.34. The summed E-state index contributed by atoms with van der Waals surface area (Å²) in [6, 6.07) is 13.3. The zero-order valence-electron chi connectivity index (χ0n) is 21.1. The molecule has 3 aromatic rings. The number of benzene rings is 1. The number of carbonyl (C=O) groups excluding carboxylic acids is 2. The fourth-order valence-corrected chi connectivity index (χ4v) is 5.65. The Morgan fingerprint density at radius 1 is 1.11 bits per heavy atom. The van der Waals surface area contributed by atoms with Crippen molar-refractivity contribution < 1.29 is 14.3 Å². The predicted molar refractivity (Wildman–Crippen MR) is 152 cm³/mol. The maximum atomic E-state index is 13.6. The molecule has 4 heterocycles. The van der Waals surface area contributed by atoms with Crippen molar-refractivity contribution in [1.29, 1.82) is 0 Å². The van der Waals surface area contributed by atoms with Crippen molar-refractivity contribution in [2.75, 3.05) is 37.7 Å². The zero-order valence-corrected chi connectivity index (χ0v) is 22.8. The second-order valence-electron chi connectivity index (χ2n) is 9.01. The van der Waals surface area contributed by atoms with Gasteiger partial charge in [0.15, 0.2) is 0 Å². The highest BCUT2D eigenvalue weighted by molar-refractivity contribution is 8.26. The van der Waals surface area contributed by atoms with Gasteiger partial charge in [-0.2, -0.15) is 0 Å². The van der Waals surface area contributed by atoms with Crippen molar-refractivity contribution in [1.82, 2.24) is 19.2 Å². The van der Waals surface area contributed by atoms with Crippen molar-refractivity contribution in [3.8, 4) is 0 Å². The third-order valence-electron chi connectivity index (χ3n) is 6.46. The number of thiocarbonyl (C=S) groups is 1. The van der Waals surface area contributed by atoms with Gasteiger partial charge in [0.25, 0.3) is 11.5 Å². The van der Waals surface area contributed by atoms with Crippen molar-refractivity contribution in [2.24, 2.45) is 0 Å². The van der Waals surface area contributed by atoms with E-state index >= 15 is 0 Å². The third-order valence-corrected chi connectivity index (χ3v) is 7.84. The quantitative estimate of drug-likeness (QED) is 0.352. The summed E-state index contributed by atoms with van der Waals surface area (Å²) in [5, 5.41) is 0. The van der Waals surface area contributed by atoms with Crippen LogP contribution in [0.1, 0.15) is 23.6 Å². The molecule has 0 aliphatic carbocycles. The van der Waals surface area contributed by atoms with Crippen LogP contribution in [-0.2, 0) is 16.1 Å². The van der Waals surface area contributed by atoms with Gasteiger partial charge in [-0.1, -0.05) is 59.9 Å². The number of amides is 2. The van der Waals surface area contributed by atoms with Crippen LogP contribution in [0.25, 0.3) is 11.7 Å². The van der Waals surface area contributed by atoms with Gasteiger partial charge in [-0.15, -0.1) is 0 Å². The minimum absolute atomic E-state index is 0.240. The molecule has 2 aromatic heterocycles. The molecular formula is C27H27N5O4S2. The van der Waals surface area contributed by atoms with E-state index in [1.54, 1.807) is 41.1 Å². The molecule has 38 heavy (non-hydrogen) atoms. The van der Waals surface area contributed by atoms with Gasteiger partial charge in [-0.3, -0.25) is 18.9 Å². The molecule has 5 rings (SSSR count). The van der Waals surface area contributed by atoms with Crippen LogP contribution < -0.4 is 10.5 Å². The Morgan fingerprint density at radius 2 is 1.84 bits per heavy atom. The Balaban J connectivity index is 1.48. The minimum atomic E-state index is -0.351. The molecule has 11 heteroatoms. The molecule has 9 nitrogen and oxygen atoms in total. The molecule has 2 saturated heterocycles. The standard InChI is InChI=1S/C27H27N5O4S2/c1-3-36-26(35)30-14-12-29(13-15-30)23-20(24(33)31-11-5-4-6-22(31)28-23)16-21-25(34)32(27(37)38-21)17-19-9-7-18(2)8-10-19/h4-11,16H,3,12-15,17H2,1-2H3/b21-16+. The van der Waals surface area contributed by atoms with Gasteiger partial charge in [0.05, 0.1) is 23.6 Å². The van der Waals surface area contributed by atoms with Gasteiger partial charge in [0.1, 0.15) is 15.8 Å². The number of ether oxygens (including phenoxy) is 1. The minimum Gasteiger partial charge on any atom is -0.450 e. The average molecular weight is 550 g/mol. The summed E-state index contributed by atoms with van der Waals surface area (Å²) in [7, 11) is 0. The van der Waals surface area contributed by atoms with E-state index in [9.17, 15) is 14.4 Å². The summed E-state index contributed by atoms with van der Waals surface area (Å²) < 4.78 is 7.04. The number of aryl methyl sites for hydroxylation is 1. The molecule has 2 aliphatic heterocycles. The number of rotatable bonds is 5. The Labute approximate surface area is 229 Å². The van der Waals surface area contributed by atoms with E-state index in [2.05, 4.69) is 0 Å². The maximum Gasteiger partial charge on any atom is 0.409 e. The Bertz CT molecular complexity index is 1490. The highest BCUT2D eigenvalue weighted by Gasteiger charge is 2.33. The fourth-order valence-electron chi connectivity index (χ4n) is 4.42. The van der Waals surface area contributed by atoms with Gasteiger partial charge < -0.3 is 14.5 Å². The molecule has 0 atom stereocenters. The summed E-state index contributed by atoms with van der Waals surface area (Å²) in [6.45, 7) is 6.29. The molecule has 0 spiro atoms. The number of hydrogen-bond acceptors (Lipinski definition) is 8. The molecule has 0 N–H and O–H groups in total. The van der Waals surface area contributed by atoms with E-state index in [0.717, 1.165) is 11.1 Å². The summed E-state index contributed by atoms with van der Waals surface area (Å²) in [4.78, 5) is 49.5. The van der Waals surface area contributed by atoms with Crippen molar-refractivity contribution in [3.05, 3.63) is 80.6 Å². The molecule has 0 saturated carbocycles.